The summed E-state index contributed by atoms with van der Waals surface area (Å²) in [6, 6.07) is 14.1. The fourth-order valence-electron chi connectivity index (χ4n) is 3.19. The zero-order valence-electron chi connectivity index (χ0n) is 16.5. The molecule has 0 spiro atoms. The Morgan fingerprint density at radius 1 is 1.12 bits per heavy atom. The molecule has 0 aliphatic carbocycles. The lowest BCUT2D eigenvalue weighted by Crippen LogP contribution is -2.54. The summed E-state index contributed by atoms with van der Waals surface area (Å²) in [6.07, 6.45) is 1.32. The number of benzene rings is 2. The van der Waals surface area contributed by atoms with Gasteiger partial charge >= 0.3 is 0 Å². The van der Waals surface area contributed by atoms with Gasteiger partial charge in [0, 0.05) is 22.7 Å². The number of nitrogens with one attached hydrogen (secondary N) is 1. The van der Waals surface area contributed by atoms with Crippen LogP contribution < -0.4 is 10.2 Å². The van der Waals surface area contributed by atoms with Crippen molar-refractivity contribution in [2.45, 2.75) is 6.92 Å². The smallest absolute Gasteiger partial charge is 0.270 e. The number of nitro groups is 1. The maximum atomic E-state index is 13.2. The summed E-state index contributed by atoms with van der Waals surface area (Å²) < 4.78 is 5.73. The number of nitrogens with zero attached hydrogens (tertiary/aromatic N) is 2. The third-order valence-corrected chi connectivity index (χ3v) is 5.55. The summed E-state index contributed by atoms with van der Waals surface area (Å²) in [6.45, 7) is 1.75. The van der Waals surface area contributed by atoms with Crippen molar-refractivity contribution >= 4 is 58.2 Å². The van der Waals surface area contributed by atoms with Crippen LogP contribution in [0.4, 0.5) is 11.4 Å². The van der Waals surface area contributed by atoms with Crippen LogP contribution in [0.15, 0.2) is 64.6 Å². The van der Waals surface area contributed by atoms with Crippen LogP contribution in [0.3, 0.4) is 0 Å². The summed E-state index contributed by atoms with van der Waals surface area (Å²) in [7, 11) is 0. The highest BCUT2D eigenvalue weighted by molar-refractivity contribution is 7.80. The number of thiocarbonyl (C=S) groups is 1. The van der Waals surface area contributed by atoms with Gasteiger partial charge in [0.05, 0.1) is 10.6 Å². The normalized spacial score (nSPS) is 15.2. The molecule has 0 saturated carbocycles. The molecule has 1 aromatic heterocycles. The number of furan rings is 1. The molecule has 1 fully saturated rings. The maximum Gasteiger partial charge on any atom is 0.270 e. The number of amides is 2. The number of nitro benzene ring substituents is 1. The van der Waals surface area contributed by atoms with Gasteiger partial charge < -0.3 is 4.42 Å². The summed E-state index contributed by atoms with van der Waals surface area (Å²) in [5.41, 5.74) is 1.50. The van der Waals surface area contributed by atoms with Crippen LogP contribution in [0, 0.1) is 17.0 Å². The average Bonchev–Trinajstić information content (AvgIpc) is 3.23. The standard InChI is InChI=1S/C22H14ClN3O5S/c1-12-17(23)3-2-4-18(12)25-21(28)16(20(27)24-22(25)32)11-15-9-10-19(31-15)13-5-7-14(8-6-13)26(29)30/h2-11H,1H3,(H,24,27,32)/b16-11+. The van der Waals surface area contributed by atoms with E-state index in [2.05, 4.69) is 5.32 Å². The van der Waals surface area contributed by atoms with Crippen molar-refractivity contribution in [1.82, 2.24) is 5.32 Å². The van der Waals surface area contributed by atoms with E-state index in [4.69, 9.17) is 28.2 Å². The third kappa shape index (κ3) is 3.91. The van der Waals surface area contributed by atoms with Crippen molar-refractivity contribution in [2.24, 2.45) is 0 Å². The highest BCUT2D eigenvalue weighted by Gasteiger charge is 2.35. The molecule has 160 valence electrons. The fraction of sp³-hybridized carbons (Fsp3) is 0.0455. The highest BCUT2D eigenvalue weighted by atomic mass is 35.5. The van der Waals surface area contributed by atoms with E-state index in [0.717, 1.165) is 0 Å². The minimum atomic E-state index is -0.649. The minimum absolute atomic E-state index is 0.0421. The molecule has 0 radical (unpaired) electrons. The maximum absolute atomic E-state index is 13.2. The SMILES string of the molecule is Cc1c(Cl)cccc1N1C(=O)/C(=C/c2ccc(-c3ccc([N+](=O)[O-])cc3)o2)C(=O)NC1=S. The Hall–Kier alpha value is -3.82. The van der Waals surface area contributed by atoms with Crippen LogP contribution >= 0.6 is 23.8 Å². The highest BCUT2D eigenvalue weighted by Crippen LogP contribution is 2.30. The van der Waals surface area contributed by atoms with Crippen LogP contribution in [0.25, 0.3) is 17.4 Å². The van der Waals surface area contributed by atoms with Crippen molar-refractivity contribution in [1.29, 1.82) is 0 Å². The van der Waals surface area contributed by atoms with Crippen molar-refractivity contribution in [2.75, 3.05) is 4.90 Å². The predicted octanol–water partition coefficient (Wildman–Crippen LogP) is 4.65. The van der Waals surface area contributed by atoms with E-state index in [1.807, 2.05) is 0 Å². The Balaban J connectivity index is 1.67. The average molecular weight is 468 g/mol. The lowest BCUT2D eigenvalue weighted by atomic mass is 10.1. The first-order valence-electron chi connectivity index (χ1n) is 9.27. The lowest BCUT2D eigenvalue weighted by Gasteiger charge is -2.30. The second-order valence-electron chi connectivity index (χ2n) is 6.85. The largest absolute Gasteiger partial charge is 0.457 e. The second kappa shape index (κ2) is 8.37. The Morgan fingerprint density at radius 3 is 2.53 bits per heavy atom. The van der Waals surface area contributed by atoms with Crippen LogP contribution in [0.5, 0.6) is 0 Å². The summed E-state index contributed by atoms with van der Waals surface area (Å²) in [5, 5.41) is 13.7. The molecule has 10 heteroatoms. The van der Waals surface area contributed by atoms with Gasteiger partial charge in [0.2, 0.25) is 0 Å². The molecular formula is C22H14ClN3O5S. The second-order valence-corrected chi connectivity index (χ2v) is 7.64. The third-order valence-electron chi connectivity index (χ3n) is 4.86. The number of anilines is 1. The first kappa shape index (κ1) is 21.4. The van der Waals surface area contributed by atoms with E-state index in [-0.39, 0.29) is 22.1 Å². The molecule has 2 heterocycles. The van der Waals surface area contributed by atoms with Gasteiger partial charge in [0.25, 0.3) is 17.5 Å². The topological polar surface area (TPSA) is 106 Å². The molecule has 0 atom stereocenters. The zero-order chi connectivity index (χ0) is 23.0. The minimum Gasteiger partial charge on any atom is -0.457 e. The van der Waals surface area contributed by atoms with Gasteiger partial charge in [0.1, 0.15) is 17.1 Å². The molecule has 2 amide bonds. The van der Waals surface area contributed by atoms with Gasteiger partial charge in [-0.2, -0.15) is 0 Å². The predicted molar refractivity (Wildman–Crippen MR) is 123 cm³/mol. The van der Waals surface area contributed by atoms with Gasteiger partial charge in [0.15, 0.2) is 5.11 Å². The van der Waals surface area contributed by atoms with Crippen molar-refractivity contribution in [3.05, 3.63) is 86.6 Å². The molecule has 1 aliphatic rings. The number of carbonyl (C=O) groups excluding carboxylic acids is 2. The first-order chi connectivity index (χ1) is 15.3. The van der Waals surface area contributed by atoms with E-state index >= 15 is 0 Å². The Morgan fingerprint density at radius 2 is 1.84 bits per heavy atom. The van der Waals surface area contributed by atoms with Gasteiger partial charge in [-0.15, -0.1) is 0 Å². The number of halogens is 1. The Labute approximate surface area is 192 Å². The molecule has 1 aliphatic heterocycles. The number of hydrogen-bond acceptors (Lipinski definition) is 6. The molecule has 32 heavy (non-hydrogen) atoms. The molecule has 4 rings (SSSR count). The van der Waals surface area contributed by atoms with Gasteiger partial charge in [-0.3, -0.25) is 29.9 Å². The number of non-ortho nitro benzene ring substituents is 1. The molecule has 1 N–H and O–H groups in total. The van der Waals surface area contributed by atoms with E-state index < -0.39 is 16.7 Å². The van der Waals surface area contributed by atoms with Crippen molar-refractivity contribution in [3.8, 4) is 11.3 Å². The van der Waals surface area contributed by atoms with Crippen LogP contribution in [0.1, 0.15) is 11.3 Å². The molecule has 8 nitrogen and oxygen atoms in total. The monoisotopic (exact) mass is 467 g/mol. The quantitative estimate of drug-likeness (QED) is 0.197. The number of rotatable bonds is 4. The molecule has 0 bridgehead atoms. The van der Waals surface area contributed by atoms with Crippen LogP contribution in [-0.2, 0) is 9.59 Å². The first-order valence-corrected chi connectivity index (χ1v) is 10.1. The van der Waals surface area contributed by atoms with Crippen molar-refractivity contribution in [3.63, 3.8) is 0 Å². The Kier molecular flexibility index (Phi) is 5.60. The Bertz CT molecular complexity index is 1310. The van der Waals surface area contributed by atoms with E-state index in [0.29, 0.717) is 27.6 Å². The number of hydrogen-bond donors (Lipinski definition) is 1. The molecule has 1 saturated heterocycles. The van der Waals surface area contributed by atoms with E-state index in [9.17, 15) is 19.7 Å². The number of carbonyl (C=O) groups is 2. The molecule has 2 aromatic carbocycles. The van der Waals surface area contributed by atoms with Crippen LogP contribution in [0.2, 0.25) is 5.02 Å². The molecule has 0 unspecified atom stereocenters. The zero-order valence-corrected chi connectivity index (χ0v) is 18.1. The molecular weight excluding hydrogens is 454 g/mol. The van der Waals surface area contributed by atoms with Gasteiger partial charge in [-0.1, -0.05) is 17.7 Å². The summed E-state index contributed by atoms with van der Waals surface area (Å²) in [5.74, 6) is -0.581. The van der Waals surface area contributed by atoms with E-state index in [1.54, 1.807) is 49.4 Å². The van der Waals surface area contributed by atoms with Crippen molar-refractivity contribution < 1.29 is 18.9 Å². The molecule has 3 aromatic rings. The summed E-state index contributed by atoms with van der Waals surface area (Å²) >= 11 is 11.4. The summed E-state index contributed by atoms with van der Waals surface area (Å²) in [4.78, 5) is 37.2. The van der Waals surface area contributed by atoms with Crippen LogP contribution in [-0.4, -0.2) is 21.9 Å². The van der Waals surface area contributed by atoms with Gasteiger partial charge in [-0.25, -0.2) is 0 Å². The lowest BCUT2D eigenvalue weighted by molar-refractivity contribution is -0.384. The van der Waals surface area contributed by atoms with Gasteiger partial charge in [-0.05, 0) is 67.2 Å². The fourth-order valence-corrected chi connectivity index (χ4v) is 3.63. The van der Waals surface area contributed by atoms with E-state index in [1.165, 1.54) is 23.1 Å².